The molecule has 0 radical (unpaired) electrons. The van der Waals surface area contributed by atoms with Crippen molar-refractivity contribution in [2.45, 2.75) is 13.8 Å². The monoisotopic (exact) mass is 217 g/mol. The zero-order valence-electron chi connectivity index (χ0n) is 10.8. The van der Waals surface area contributed by atoms with Crippen molar-refractivity contribution < 1.29 is 0 Å². The van der Waals surface area contributed by atoms with Gasteiger partial charge in [0.2, 0.25) is 0 Å². The topological polar surface area (TPSA) is 11.4 Å². The molecule has 1 aliphatic rings. The van der Waals surface area contributed by atoms with Crippen molar-refractivity contribution in [2.24, 2.45) is 7.05 Å². The summed E-state index contributed by atoms with van der Waals surface area (Å²) >= 11 is 0. The van der Waals surface area contributed by atoms with Gasteiger partial charge >= 0.3 is 0 Å². The fourth-order valence-electron chi connectivity index (χ4n) is 2.36. The van der Waals surface area contributed by atoms with Crippen molar-refractivity contribution in [2.75, 3.05) is 19.0 Å². The first-order valence-electron chi connectivity index (χ1n) is 5.39. The van der Waals surface area contributed by atoms with E-state index in [2.05, 4.69) is 50.6 Å². The molecule has 0 amide bonds. The van der Waals surface area contributed by atoms with Crippen molar-refractivity contribution in [3.8, 4) is 0 Å². The van der Waals surface area contributed by atoms with Gasteiger partial charge in [-0.3, -0.25) is 0 Å². The highest BCUT2D eigenvalue weighted by Crippen LogP contribution is 2.41. The maximum Gasteiger partial charge on any atom is 0.105 e. The summed E-state index contributed by atoms with van der Waals surface area (Å²) in [4.78, 5) is 4.17. The van der Waals surface area contributed by atoms with Gasteiger partial charge in [-0.2, -0.15) is 0 Å². The van der Waals surface area contributed by atoms with Gasteiger partial charge in [-0.05, 0) is 13.8 Å². The number of hydrogen-bond donors (Lipinski definition) is 0. The second-order valence-corrected chi connectivity index (χ2v) is 4.43. The third-order valence-corrected chi connectivity index (χ3v) is 3.75. The minimum Gasteiger partial charge on any atom is -0.350 e. The summed E-state index contributed by atoms with van der Waals surface area (Å²) in [5, 5.41) is 0. The molecule has 0 bridgehead atoms. The van der Waals surface area contributed by atoms with Crippen LogP contribution in [0, 0.1) is 13.8 Å². The van der Waals surface area contributed by atoms with E-state index in [1.165, 1.54) is 22.6 Å². The van der Waals surface area contributed by atoms with Gasteiger partial charge in [0.15, 0.2) is 0 Å². The number of fused-ring (bicyclic) bond motifs is 1. The summed E-state index contributed by atoms with van der Waals surface area (Å²) < 4.78 is 2.21. The molecule has 0 unspecified atom stereocenters. The van der Waals surface area contributed by atoms with Gasteiger partial charge in [-0.25, -0.2) is 0 Å². The molecule has 1 aromatic rings. The molecule has 0 saturated heterocycles. The van der Waals surface area contributed by atoms with Crippen LogP contribution >= 0.6 is 0 Å². The SMILES string of the molecule is C=C1c2c(c(C)n(C)c2C)N(C)C(=C)N1C. The van der Waals surface area contributed by atoms with Crippen molar-refractivity contribution in [3.63, 3.8) is 0 Å². The molecule has 0 saturated carbocycles. The molecule has 0 spiro atoms. The van der Waals surface area contributed by atoms with E-state index in [4.69, 9.17) is 0 Å². The molecule has 1 aromatic heterocycles. The summed E-state index contributed by atoms with van der Waals surface area (Å²) in [6, 6.07) is 0. The van der Waals surface area contributed by atoms with Crippen LogP contribution in [0.2, 0.25) is 0 Å². The van der Waals surface area contributed by atoms with Crippen molar-refractivity contribution in [1.29, 1.82) is 0 Å². The lowest BCUT2D eigenvalue weighted by Gasteiger charge is -2.37. The highest BCUT2D eigenvalue weighted by molar-refractivity contribution is 5.84. The van der Waals surface area contributed by atoms with E-state index in [1.54, 1.807) is 0 Å². The smallest absolute Gasteiger partial charge is 0.105 e. The lowest BCUT2D eigenvalue weighted by molar-refractivity contribution is 0.566. The Hall–Kier alpha value is -1.64. The molecule has 1 aliphatic heterocycles. The highest BCUT2D eigenvalue weighted by atomic mass is 15.3. The third-order valence-electron chi connectivity index (χ3n) is 3.75. The predicted molar refractivity (Wildman–Crippen MR) is 69.2 cm³/mol. The average Bonchev–Trinajstić information content (AvgIpc) is 2.48. The molecule has 3 heteroatoms. The zero-order valence-corrected chi connectivity index (χ0v) is 10.8. The Morgan fingerprint density at radius 1 is 0.875 bits per heavy atom. The van der Waals surface area contributed by atoms with Crippen LogP contribution in [0.4, 0.5) is 5.69 Å². The minimum atomic E-state index is 0.964. The number of rotatable bonds is 0. The Bertz CT molecular complexity index is 494. The van der Waals surface area contributed by atoms with E-state index in [9.17, 15) is 0 Å². The van der Waals surface area contributed by atoms with Crippen LogP contribution in [0.15, 0.2) is 19.0 Å². The van der Waals surface area contributed by atoms with E-state index in [1.807, 2.05) is 11.9 Å². The minimum absolute atomic E-state index is 0.964. The largest absolute Gasteiger partial charge is 0.350 e. The van der Waals surface area contributed by atoms with E-state index < -0.39 is 0 Å². The maximum absolute atomic E-state index is 4.16. The molecule has 86 valence electrons. The first-order valence-corrected chi connectivity index (χ1v) is 5.39. The average molecular weight is 217 g/mol. The van der Waals surface area contributed by atoms with Crippen LogP contribution in [0.25, 0.3) is 5.70 Å². The molecule has 3 nitrogen and oxygen atoms in total. The fourth-order valence-corrected chi connectivity index (χ4v) is 2.36. The lowest BCUT2D eigenvalue weighted by atomic mass is 10.1. The Labute approximate surface area is 97.3 Å². The van der Waals surface area contributed by atoms with E-state index >= 15 is 0 Å². The van der Waals surface area contributed by atoms with Gasteiger partial charge in [-0.1, -0.05) is 13.2 Å². The van der Waals surface area contributed by atoms with Gasteiger partial charge in [0.05, 0.1) is 5.69 Å². The second kappa shape index (κ2) is 3.17. The zero-order chi connectivity index (χ0) is 12.2. The second-order valence-electron chi connectivity index (χ2n) is 4.43. The number of hydrogen-bond acceptors (Lipinski definition) is 2. The summed E-state index contributed by atoms with van der Waals surface area (Å²) in [6.45, 7) is 12.5. The standard InChI is InChI=1S/C13H19N3/c1-8-12-9(2)15(6)11(4)16(7)13(12)10(3)14(8)5/h2,4H2,1,3,5-7H3. The Kier molecular flexibility index (Phi) is 2.15. The normalized spacial score (nSPS) is 15.8. The number of anilines is 1. The van der Waals surface area contributed by atoms with Gasteiger partial charge in [0.25, 0.3) is 0 Å². The molecule has 0 atom stereocenters. The summed E-state index contributed by atoms with van der Waals surface area (Å²) in [7, 11) is 6.15. The van der Waals surface area contributed by atoms with Crippen LogP contribution in [-0.2, 0) is 7.05 Å². The molecular formula is C13H19N3. The number of nitrogens with zero attached hydrogens (tertiary/aromatic N) is 3. The molecule has 2 rings (SSSR count). The van der Waals surface area contributed by atoms with Gasteiger partial charge in [0, 0.05) is 43.8 Å². The van der Waals surface area contributed by atoms with Crippen LogP contribution < -0.4 is 4.90 Å². The van der Waals surface area contributed by atoms with Crippen molar-refractivity contribution >= 4 is 11.4 Å². The van der Waals surface area contributed by atoms with Crippen molar-refractivity contribution in [3.05, 3.63) is 35.9 Å². The molecule has 16 heavy (non-hydrogen) atoms. The first kappa shape index (κ1) is 10.9. The quantitative estimate of drug-likeness (QED) is 0.661. The molecule has 0 aromatic carbocycles. The summed E-state index contributed by atoms with van der Waals surface area (Å²) in [5.41, 5.74) is 6.00. The lowest BCUT2D eigenvalue weighted by Crippen LogP contribution is -2.33. The van der Waals surface area contributed by atoms with E-state index in [-0.39, 0.29) is 0 Å². The van der Waals surface area contributed by atoms with Crippen LogP contribution in [0.3, 0.4) is 0 Å². The third kappa shape index (κ3) is 1.08. The molecule has 0 fully saturated rings. The Balaban J connectivity index is 2.78. The Morgan fingerprint density at radius 3 is 2.00 bits per heavy atom. The van der Waals surface area contributed by atoms with Crippen LogP contribution in [0.5, 0.6) is 0 Å². The summed E-state index contributed by atoms with van der Waals surface area (Å²) in [6.07, 6.45) is 0. The van der Waals surface area contributed by atoms with Crippen LogP contribution in [-0.4, -0.2) is 23.6 Å². The van der Waals surface area contributed by atoms with Crippen LogP contribution in [0.1, 0.15) is 17.0 Å². The van der Waals surface area contributed by atoms with Gasteiger partial charge in [0.1, 0.15) is 5.82 Å². The fraction of sp³-hybridized carbons (Fsp3) is 0.385. The van der Waals surface area contributed by atoms with Gasteiger partial charge < -0.3 is 14.4 Å². The Morgan fingerprint density at radius 2 is 1.44 bits per heavy atom. The van der Waals surface area contributed by atoms with E-state index in [0.717, 1.165) is 11.5 Å². The number of aromatic nitrogens is 1. The highest BCUT2D eigenvalue weighted by Gasteiger charge is 2.29. The molecular weight excluding hydrogens is 198 g/mol. The van der Waals surface area contributed by atoms with E-state index in [0.29, 0.717) is 0 Å². The molecule has 0 aliphatic carbocycles. The molecule has 2 heterocycles. The predicted octanol–water partition coefficient (Wildman–Crippen LogP) is 2.47. The maximum atomic E-state index is 4.16. The van der Waals surface area contributed by atoms with Gasteiger partial charge in [-0.15, -0.1) is 0 Å². The van der Waals surface area contributed by atoms with Crippen molar-refractivity contribution in [1.82, 2.24) is 9.47 Å². The first-order chi connectivity index (χ1) is 7.37. The summed E-state index contributed by atoms with van der Waals surface area (Å²) in [5.74, 6) is 0.964. The molecule has 0 N–H and O–H groups in total.